The van der Waals surface area contributed by atoms with Crippen molar-refractivity contribution in [1.82, 2.24) is 0 Å². The van der Waals surface area contributed by atoms with Gasteiger partial charge in [-0.15, -0.1) is 0 Å². The fraction of sp³-hybridized carbons (Fsp3) is 0.0133. The first-order chi connectivity index (χ1) is 37.7. The van der Waals surface area contributed by atoms with E-state index in [9.17, 15) is 0 Å². The van der Waals surface area contributed by atoms with Crippen LogP contribution in [-0.4, -0.2) is 0 Å². The van der Waals surface area contributed by atoms with Gasteiger partial charge in [0.25, 0.3) is 0 Å². The highest BCUT2D eigenvalue weighted by Gasteiger charge is 2.46. The van der Waals surface area contributed by atoms with Crippen molar-refractivity contribution >= 4 is 38.6 Å². The van der Waals surface area contributed by atoms with Gasteiger partial charge < -0.3 is 4.90 Å². The third kappa shape index (κ3) is 7.55. The Balaban J connectivity index is 1.01. The molecule has 0 atom stereocenters. The zero-order chi connectivity index (χ0) is 50.4. The third-order valence-electron chi connectivity index (χ3n) is 15.7. The molecule has 0 amide bonds. The smallest absolute Gasteiger partial charge is 0.0713 e. The number of fused-ring (bicyclic) bond motifs is 6. The first-order valence-corrected chi connectivity index (χ1v) is 26.3. The molecule has 0 aliphatic heterocycles. The summed E-state index contributed by atoms with van der Waals surface area (Å²) in [6.45, 7) is 0. The molecule has 0 fully saturated rings. The lowest BCUT2D eigenvalue weighted by Crippen LogP contribution is -2.28. The summed E-state index contributed by atoms with van der Waals surface area (Å²) >= 11 is 0. The monoisotopic (exact) mass is 965 g/mol. The number of benzene rings is 13. The van der Waals surface area contributed by atoms with Gasteiger partial charge in [0.15, 0.2) is 0 Å². The number of hydrogen-bond donors (Lipinski definition) is 0. The minimum Gasteiger partial charge on any atom is -0.310 e. The van der Waals surface area contributed by atoms with E-state index in [1.807, 2.05) is 0 Å². The minimum atomic E-state index is -0.508. The van der Waals surface area contributed by atoms with Crippen LogP contribution in [0.5, 0.6) is 0 Å². The van der Waals surface area contributed by atoms with Crippen molar-refractivity contribution in [2.24, 2.45) is 0 Å². The minimum absolute atomic E-state index is 0.508. The van der Waals surface area contributed by atoms with Crippen LogP contribution in [0.3, 0.4) is 0 Å². The van der Waals surface area contributed by atoms with Crippen LogP contribution in [0.15, 0.2) is 309 Å². The van der Waals surface area contributed by atoms with Crippen molar-refractivity contribution in [1.29, 1.82) is 0 Å². The molecule has 14 rings (SSSR count). The summed E-state index contributed by atoms with van der Waals surface area (Å²) in [5, 5.41) is 4.96. The molecule has 1 aliphatic carbocycles. The Hall–Kier alpha value is -9.82. The van der Waals surface area contributed by atoms with Gasteiger partial charge in [0, 0.05) is 17.1 Å². The van der Waals surface area contributed by atoms with Gasteiger partial charge in [-0.25, -0.2) is 0 Å². The molecule has 0 bridgehead atoms. The van der Waals surface area contributed by atoms with E-state index in [4.69, 9.17) is 0 Å². The van der Waals surface area contributed by atoms with E-state index >= 15 is 0 Å². The second-order valence-electron chi connectivity index (χ2n) is 19.9. The van der Waals surface area contributed by atoms with Crippen LogP contribution >= 0.6 is 0 Å². The summed E-state index contributed by atoms with van der Waals surface area (Å²) in [7, 11) is 0. The van der Waals surface area contributed by atoms with E-state index in [0.717, 1.165) is 39.3 Å². The Morgan fingerprint density at radius 1 is 0.211 bits per heavy atom. The Morgan fingerprint density at radius 2 is 0.645 bits per heavy atom. The molecule has 0 unspecified atom stereocenters. The quantitative estimate of drug-likeness (QED) is 0.123. The fourth-order valence-electron chi connectivity index (χ4n) is 12.4. The molecule has 0 spiro atoms. The van der Waals surface area contributed by atoms with Crippen molar-refractivity contribution in [2.75, 3.05) is 4.90 Å². The molecule has 0 N–H and O–H groups in total. The molecule has 1 aliphatic rings. The highest BCUT2D eigenvalue weighted by atomic mass is 15.1. The SMILES string of the molecule is c1ccc(-c2cc(-c3ccccc3)cc(N(c3cccc(-c4ccc5c(c4)c(-c4ccccc4)c(-c4ccccc4)c4ccccc45)c3)c3ccc4c(c3)-c3ccccc3C4(c3ccccc3)c3ccccc3)c2)cc1. The molecule has 13 aromatic carbocycles. The van der Waals surface area contributed by atoms with Gasteiger partial charge in [0.05, 0.1) is 5.41 Å². The van der Waals surface area contributed by atoms with Crippen molar-refractivity contribution in [2.45, 2.75) is 5.41 Å². The topological polar surface area (TPSA) is 3.24 Å². The Labute approximate surface area is 444 Å². The molecule has 76 heavy (non-hydrogen) atoms. The molecule has 1 heteroatoms. The normalized spacial score (nSPS) is 12.3. The van der Waals surface area contributed by atoms with E-state index in [0.29, 0.717) is 0 Å². The molecule has 0 radical (unpaired) electrons. The fourth-order valence-corrected chi connectivity index (χ4v) is 12.4. The van der Waals surface area contributed by atoms with E-state index < -0.39 is 5.41 Å². The van der Waals surface area contributed by atoms with E-state index in [1.54, 1.807) is 0 Å². The van der Waals surface area contributed by atoms with Gasteiger partial charge in [0.2, 0.25) is 0 Å². The molecular formula is C75H51N. The molecular weight excluding hydrogens is 915 g/mol. The van der Waals surface area contributed by atoms with Crippen LogP contribution in [0.2, 0.25) is 0 Å². The van der Waals surface area contributed by atoms with Gasteiger partial charge in [-0.1, -0.05) is 261 Å². The van der Waals surface area contributed by atoms with Crippen LogP contribution in [0.1, 0.15) is 22.3 Å². The average molecular weight is 966 g/mol. The summed E-state index contributed by atoms with van der Waals surface area (Å²) in [5.41, 5.74) is 22.1. The predicted octanol–water partition coefficient (Wildman–Crippen LogP) is 20.2. The lowest BCUT2D eigenvalue weighted by atomic mass is 9.68. The maximum absolute atomic E-state index is 2.48. The largest absolute Gasteiger partial charge is 0.310 e. The first-order valence-electron chi connectivity index (χ1n) is 26.3. The zero-order valence-electron chi connectivity index (χ0n) is 41.9. The average Bonchev–Trinajstić information content (AvgIpc) is 3.94. The Morgan fingerprint density at radius 3 is 1.25 bits per heavy atom. The molecule has 356 valence electrons. The van der Waals surface area contributed by atoms with E-state index in [1.165, 1.54) is 88.3 Å². The lowest BCUT2D eigenvalue weighted by molar-refractivity contribution is 0.768. The highest BCUT2D eigenvalue weighted by molar-refractivity contribution is 6.22. The molecule has 13 aromatic rings. The van der Waals surface area contributed by atoms with E-state index in [2.05, 4.69) is 314 Å². The number of anilines is 3. The second kappa shape index (κ2) is 18.9. The van der Waals surface area contributed by atoms with Crippen LogP contribution < -0.4 is 4.90 Å². The highest BCUT2D eigenvalue weighted by Crippen LogP contribution is 2.57. The van der Waals surface area contributed by atoms with Gasteiger partial charge in [0.1, 0.15) is 0 Å². The van der Waals surface area contributed by atoms with Crippen molar-refractivity contribution in [3.8, 4) is 66.8 Å². The Bertz CT molecular complexity index is 4150. The predicted molar refractivity (Wildman–Crippen MR) is 321 cm³/mol. The van der Waals surface area contributed by atoms with Gasteiger partial charge in [-0.05, 0) is 159 Å². The van der Waals surface area contributed by atoms with Crippen LogP contribution in [0.4, 0.5) is 17.1 Å². The third-order valence-corrected chi connectivity index (χ3v) is 15.7. The van der Waals surface area contributed by atoms with Crippen molar-refractivity contribution in [3.05, 3.63) is 332 Å². The van der Waals surface area contributed by atoms with Crippen LogP contribution in [-0.2, 0) is 5.41 Å². The zero-order valence-corrected chi connectivity index (χ0v) is 41.9. The summed E-state index contributed by atoms with van der Waals surface area (Å²) in [6.07, 6.45) is 0. The molecule has 0 aromatic heterocycles. The first kappa shape index (κ1) is 44.8. The standard InChI is InChI=1S/C75H51N/c1-7-24-52(25-8-1)58-46-59(53-26-9-2-10-27-53)49-64(48-58)76(63-43-45-72-69(51-63)67-39-21-22-41-71(67)75(72,60-33-15-5-16-34-60)61-35-17-6-18-36-61)62-37-23-32-56(47-62)57-42-44-66-65-38-19-20-40-68(65)73(54-28-11-3-12-29-54)74(70(66)50-57)55-30-13-4-14-31-55/h1-51H. The number of nitrogens with zero attached hydrogens (tertiary/aromatic N) is 1. The molecule has 0 heterocycles. The van der Waals surface area contributed by atoms with Gasteiger partial charge in [-0.2, -0.15) is 0 Å². The summed E-state index contributed by atoms with van der Waals surface area (Å²) in [4.78, 5) is 2.48. The van der Waals surface area contributed by atoms with Crippen molar-refractivity contribution in [3.63, 3.8) is 0 Å². The second-order valence-corrected chi connectivity index (χ2v) is 19.9. The van der Waals surface area contributed by atoms with Gasteiger partial charge >= 0.3 is 0 Å². The summed E-state index contributed by atoms with van der Waals surface area (Å²) < 4.78 is 0. The molecule has 0 saturated heterocycles. The van der Waals surface area contributed by atoms with E-state index in [-0.39, 0.29) is 0 Å². The van der Waals surface area contributed by atoms with Crippen LogP contribution in [0, 0.1) is 0 Å². The summed E-state index contributed by atoms with van der Waals surface area (Å²) in [5.74, 6) is 0. The molecule has 1 nitrogen and oxygen atoms in total. The lowest BCUT2D eigenvalue weighted by Gasteiger charge is -2.34. The summed E-state index contributed by atoms with van der Waals surface area (Å²) in [6, 6.07) is 114. The number of rotatable bonds is 10. The number of hydrogen-bond acceptors (Lipinski definition) is 1. The van der Waals surface area contributed by atoms with Gasteiger partial charge in [-0.3, -0.25) is 0 Å². The molecule has 0 saturated carbocycles. The van der Waals surface area contributed by atoms with Crippen molar-refractivity contribution < 1.29 is 0 Å². The maximum Gasteiger partial charge on any atom is 0.0713 e. The van der Waals surface area contributed by atoms with Crippen LogP contribution in [0.25, 0.3) is 88.3 Å². The maximum atomic E-state index is 2.48. The Kier molecular flexibility index (Phi) is 11.2.